The zero-order valence-corrected chi connectivity index (χ0v) is 15.8. The highest BCUT2D eigenvalue weighted by molar-refractivity contribution is 9.10. The number of amides is 2. The van der Waals surface area contributed by atoms with E-state index in [9.17, 15) is 14.7 Å². The second kappa shape index (κ2) is 7.38. The Labute approximate surface area is 161 Å². The lowest BCUT2D eigenvalue weighted by Crippen LogP contribution is -2.44. The van der Waals surface area contributed by atoms with Gasteiger partial charge in [-0.2, -0.15) is 5.01 Å². The molecule has 0 spiro atoms. The lowest BCUT2D eigenvalue weighted by Gasteiger charge is -2.15. The van der Waals surface area contributed by atoms with Crippen LogP contribution in [0.25, 0.3) is 6.08 Å². The van der Waals surface area contributed by atoms with Gasteiger partial charge in [-0.05, 0) is 48.6 Å². The molecular weight excluding hydrogens is 424 g/mol. The third kappa shape index (κ3) is 3.92. The number of carbonyl (C=O) groups is 2. The Balaban J connectivity index is 1.82. The maximum Gasteiger partial charge on any atom is 0.285 e. The topological polar surface area (TPSA) is 69.6 Å². The molecule has 1 aliphatic heterocycles. The lowest BCUT2D eigenvalue weighted by atomic mass is 10.2. The van der Waals surface area contributed by atoms with Gasteiger partial charge in [0.15, 0.2) is 4.32 Å². The average molecular weight is 435 g/mol. The number of thioether (sulfide) groups is 1. The van der Waals surface area contributed by atoms with Crippen molar-refractivity contribution in [2.75, 3.05) is 0 Å². The van der Waals surface area contributed by atoms with Gasteiger partial charge in [0.1, 0.15) is 5.75 Å². The Hall–Kier alpha value is -2.16. The summed E-state index contributed by atoms with van der Waals surface area (Å²) in [6.45, 7) is 0. The quantitative estimate of drug-likeness (QED) is 0.569. The summed E-state index contributed by atoms with van der Waals surface area (Å²) < 4.78 is 0.986. The standard InChI is InChI=1S/C17H11BrN2O3S2/c18-12-6-7-13(21)11(8-12)9-14-16(23)20(17(24)25-14)19-15(22)10-4-2-1-3-5-10/h1-9,21H,(H,19,22). The van der Waals surface area contributed by atoms with Gasteiger partial charge in [0.2, 0.25) is 0 Å². The van der Waals surface area contributed by atoms with Crippen LogP contribution in [-0.4, -0.2) is 26.3 Å². The Kier molecular flexibility index (Phi) is 5.22. The Bertz CT molecular complexity index is 900. The smallest absolute Gasteiger partial charge is 0.285 e. The first-order valence-corrected chi connectivity index (χ1v) is 9.10. The number of phenolic OH excluding ortho intramolecular Hbond substituents is 1. The van der Waals surface area contributed by atoms with Crippen LogP contribution < -0.4 is 5.43 Å². The number of halogens is 1. The first-order valence-electron chi connectivity index (χ1n) is 7.08. The lowest BCUT2D eigenvalue weighted by molar-refractivity contribution is -0.123. The normalized spacial score (nSPS) is 15.7. The Morgan fingerprint density at radius 3 is 2.68 bits per heavy atom. The summed E-state index contributed by atoms with van der Waals surface area (Å²) in [5.41, 5.74) is 3.40. The molecule has 3 rings (SSSR count). The van der Waals surface area contributed by atoms with Crippen molar-refractivity contribution in [1.29, 1.82) is 0 Å². The number of nitrogens with one attached hydrogen (secondary N) is 1. The van der Waals surface area contributed by atoms with E-state index >= 15 is 0 Å². The van der Waals surface area contributed by atoms with Crippen molar-refractivity contribution in [3.63, 3.8) is 0 Å². The number of benzene rings is 2. The summed E-state index contributed by atoms with van der Waals surface area (Å²) >= 11 is 9.55. The first-order chi connectivity index (χ1) is 12.0. The molecule has 2 N–H and O–H groups in total. The van der Waals surface area contributed by atoms with Gasteiger partial charge >= 0.3 is 0 Å². The largest absolute Gasteiger partial charge is 0.507 e. The number of hydrogen-bond donors (Lipinski definition) is 2. The summed E-state index contributed by atoms with van der Waals surface area (Å²) in [7, 11) is 0. The van der Waals surface area contributed by atoms with E-state index in [1.165, 1.54) is 12.1 Å². The molecule has 5 nitrogen and oxygen atoms in total. The zero-order chi connectivity index (χ0) is 18.0. The minimum absolute atomic E-state index is 0.0433. The van der Waals surface area contributed by atoms with Crippen LogP contribution in [0.3, 0.4) is 0 Å². The van der Waals surface area contributed by atoms with Gasteiger partial charge in [-0.3, -0.25) is 15.0 Å². The SMILES string of the molecule is O=C(NN1C(=O)C(=Cc2cc(Br)ccc2O)SC1=S)c1ccccc1. The molecule has 0 unspecified atom stereocenters. The second-order valence-corrected chi connectivity index (χ2v) is 7.62. The molecule has 126 valence electrons. The summed E-state index contributed by atoms with van der Waals surface area (Å²) in [5, 5.41) is 10.9. The van der Waals surface area contributed by atoms with E-state index in [-0.39, 0.29) is 10.1 Å². The van der Waals surface area contributed by atoms with Crippen molar-refractivity contribution in [3.8, 4) is 5.75 Å². The van der Waals surface area contributed by atoms with Crippen LogP contribution in [0.5, 0.6) is 5.75 Å². The van der Waals surface area contributed by atoms with E-state index in [1.807, 2.05) is 0 Å². The molecule has 0 aliphatic carbocycles. The van der Waals surface area contributed by atoms with Gasteiger partial charge in [-0.15, -0.1) is 0 Å². The highest BCUT2D eigenvalue weighted by atomic mass is 79.9. The Morgan fingerprint density at radius 1 is 1.24 bits per heavy atom. The minimum Gasteiger partial charge on any atom is -0.507 e. The molecule has 2 aromatic rings. The zero-order valence-electron chi connectivity index (χ0n) is 12.6. The maximum atomic E-state index is 12.5. The molecule has 1 saturated heterocycles. The van der Waals surface area contributed by atoms with E-state index < -0.39 is 11.8 Å². The molecule has 1 aliphatic rings. The number of rotatable bonds is 3. The molecular formula is C17H11BrN2O3S2. The number of hydrazine groups is 1. The molecule has 1 fully saturated rings. The second-order valence-electron chi connectivity index (χ2n) is 5.03. The molecule has 8 heteroatoms. The molecule has 0 bridgehead atoms. The van der Waals surface area contributed by atoms with Crippen LogP contribution >= 0.6 is 39.9 Å². The predicted octanol–water partition coefficient (Wildman–Crippen LogP) is 3.70. The number of thiocarbonyl (C=S) groups is 1. The van der Waals surface area contributed by atoms with Gasteiger partial charge in [-0.1, -0.05) is 45.9 Å². The van der Waals surface area contributed by atoms with Crippen LogP contribution in [0, 0.1) is 0 Å². The van der Waals surface area contributed by atoms with Crippen molar-refractivity contribution in [2.45, 2.75) is 0 Å². The predicted molar refractivity (Wildman–Crippen MR) is 105 cm³/mol. The molecule has 2 amide bonds. The summed E-state index contributed by atoms with van der Waals surface area (Å²) in [6.07, 6.45) is 1.54. The van der Waals surface area contributed by atoms with Gasteiger partial charge in [0.25, 0.3) is 11.8 Å². The molecule has 0 atom stereocenters. The molecule has 0 aromatic heterocycles. The fourth-order valence-corrected chi connectivity index (χ4v) is 3.65. The van der Waals surface area contributed by atoms with Crippen LogP contribution in [0.2, 0.25) is 0 Å². The molecule has 0 radical (unpaired) electrons. The van der Waals surface area contributed by atoms with Gasteiger partial charge in [-0.25, -0.2) is 0 Å². The number of phenols is 1. The van der Waals surface area contributed by atoms with Crippen LogP contribution in [-0.2, 0) is 4.79 Å². The first kappa shape index (κ1) is 17.7. The monoisotopic (exact) mass is 434 g/mol. The van der Waals surface area contributed by atoms with E-state index in [0.717, 1.165) is 21.2 Å². The van der Waals surface area contributed by atoms with Crippen molar-refractivity contribution in [1.82, 2.24) is 10.4 Å². The number of aromatic hydroxyl groups is 1. The number of hydrogen-bond acceptors (Lipinski definition) is 5. The van der Waals surface area contributed by atoms with Crippen molar-refractivity contribution in [2.24, 2.45) is 0 Å². The third-order valence-electron chi connectivity index (χ3n) is 3.32. The summed E-state index contributed by atoms with van der Waals surface area (Å²) in [6, 6.07) is 13.4. The molecule has 0 saturated carbocycles. The van der Waals surface area contributed by atoms with E-state index in [1.54, 1.807) is 42.5 Å². The maximum absolute atomic E-state index is 12.5. The van der Waals surface area contributed by atoms with Crippen LogP contribution in [0.4, 0.5) is 0 Å². The van der Waals surface area contributed by atoms with Crippen molar-refractivity contribution >= 4 is 62.1 Å². The van der Waals surface area contributed by atoms with E-state index in [2.05, 4.69) is 21.4 Å². The Morgan fingerprint density at radius 2 is 1.96 bits per heavy atom. The highest BCUT2D eigenvalue weighted by Gasteiger charge is 2.33. The van der Waals surface area contributed by atoms with Crippen molar-refractivity contribution in [3.05, 3.63) is 69.0 Å². The van der Waals surface area contributed by atoms with Gasteiger partial charge in [0, 0.05) is 15.6 Å². The molecule has 25 heavy (non-hydrogen) atoms. The van der Waals surface area contributed by atoms with E-state index in [0.29, 0.717) is 16.0 Å². The third-order valence-corrected chi connectivity index (χ3v) is 5.11. The number of nitrogens with zero attached hydrogens (tertiary/aromatic N) is 1. The fourth-order valence-electron chi connectivity index (χ4n) is 2.10. The molecule has 1 heterocycles. The summed E-state index contributed by atoms with van der Waals surface area (Å²) in [5.74, 6) is -0.830. The molecule has 2 aromatic carbocycles. The minimum atomic E-state index is -0.446. The fraction of sp³-hybridized carbons (Fsp3) is 0. The average Bonchev–Trinajstić information content (AvgIpc) is 2.86. The van der Waals surface area contributed by atoms with Crippen molar-refractivity contribution < 1.29 is 14.7 Å². The van der Waals surface area contributed by atoms with E-state index in [4.69, 9.17) is 12.2 Å². The van der Waals surface area contributed by atoms with Gasteiger partial charge in [0.05, 0.1) is 4.91 Å². The van der Waals surface area contributed by atoms with Crippen LogP contribution in [0.15, 0.2) is 57.9 Å². The highest BCUT2D eigenvalue weighted by Crippen LogP contribution is 2.33. The number of carbonyl (C=O) groups excluding carboxylic acids is 2. The van der Waals surface area contributed by atoms with Crippen LogP contribution in [0.1, 0.15) is 15.9 Å². The van der Waals surface area contributed by atoms with Gasteiger partial charge < -0.3 is 5.11 Å². The summed E-state index contributed by atoms with van der Waals surface area (Å²) in [4.78, 5) is 25.1.